The van der Waals surface area contributed by atoms with E-state index in [1.54, 1.807) is 6.20 Å². The molecule has 2 saturated carbocycles. The fourth-order valence-electron chi connectivity index (χ4n) is 3.53. The van der Waals surface area contributed by atoms with Crippen molar-refractivity contribution in [1.82, 2.24) is 19.6 Å². The number of rotatable bonds is 1. The van der Waals surface area contributed by atoms with Gasteiger partial charge in [-0.15, -0.1) is 10.2 Å². The summed E-state index contributed by atoms with van der Waals surface area (Å²) >= 11 is 0. The van der Waals surface area contributed by atoms with Crippen LogP contribution in [0.4, 0.5) is 0 Å². The van der Waals surface area contributed by atoms with Crippen molar-refractivity contribution in [2.75, 3.05) is 0 Å². The molecule has 1 atom stereocenters. The van der Waals surface area contributed by atoms with E-state index in [-0.39, 0.29) is 0 Å². The van der Waals surface area contributed by atoms with Crippen LogP contribution in [-0.4, -0.2) is 19.6 Å². The second-order valence-electron chi connectivity index (χ2n) is 5.54. The summed E-state index contributed by atoms with van der Waals surface area (Å²) in [6, 6.07) is 0. The van der Waals surface area contributed by atoms with E-state index < -0.39 is 0 Å². The summed E-state index contributed by atoms with van der Waals surface area (Å²) in [5.74, 6) is 1.80. The summed E-state index contributed by atoms with van der Waals surface area (Å²) in [4.78, 5) is 4.09. The van der Waals surface area contributed by atoms with Gasteiger partial charge in [0.25, 0.3) is 0 Å². The van der Waals surface area contributed by atoms with Gasteiger partial charge in [-0.3, -0.25) is 9.38 Å². The van der Waals surface area contributed by atoms with Crippen molar-refractivity contribution in [2.45, 2.75) is 44.4 Å². The molecule has 2 aliphatic rings. The maximum absolute atomic E-state index is 4.38. The fraction of sp³-hybridized carbons (Fsp3) is 0.615. The van der Waals surface area contributed by atoms with E-state index in [1.807, 2.05) is 12.4 Å². The van der Waals surface area contributed by atoms with Gasteiger partial charge in [-0.05, 0) is 24.7 Å². The molecule has 0 aliphatic heterocycles. The average molecular weight is 228 g/mol. The molecule has 2 heterocycles. The maximum atomic E-state index is 4.38. The molecule has 88 valence electrons. The highest BCUT2D eigenvalue weighted by Gasteiger charge is 2.56. The maximum Gasteiger partial charge on any atom is 0.179 e. The molecule has 0 aromatic carbocycles. The molecule has 0 amide bonds. The van der Waals surface area contributed by atoms with Crippen LogP contribution in [0.2, 0.25) is 0 Å². The first-order valence-corrected chi connectivity index (χ1v) is 6.54. The van der Waals surface area contributed by atoms with Crippen LogP contribution < -0.4 is 0 Å². The standard InChI is InChI=1S/C13H16N4/c1-2-4-13(5-3-1)8-10(13)12-16-15-11-9-14-6-7-17(11)12/h6-7,9-10H,1-5,8H2. The minimum atomic E-state index is 0.574. The molecule has 0 N–H and O–H groups in total. The zero-order chi connectivity index (χ0) is 11.3. The summed E-state index contributed by atoms with van der Waals surface area (Å²) in [5.41, 5.74) is 1.45. The lowest BCUT2D eigenvalue weighted by Gasteiger charge is -2.21. The predicted molar refractivity (Wildman–Crippen MR) is 63.7 cm³/mol. The van der Waals surface area contributed by atoms with Gasteiger partial charge in [0.05, 0.1) is 6.20 Å². The van der Waals surface area contributed by atoms with Gasteiger partial charge < -0.3 is 0 Å². The Kier molecular flexibility index (Phi) is 1.84. The van der Waals surface area contributed by atoms with E-state index in [9.17, 15) is 0 Å². The summed E-state index contributed by atoms with van der Waals surface area (Å²) < 4.78 is 2.11. The van der Waals surface area contributed by atoms with Crippen molar-refractivity contribution in [3.05, 3.63) is 24.4 Å². The van der Waals surface area contributed by atoms with Crippen LogP contribution in [0.3, 0.4) is 0 Å². The summed E-state index contributed by atoms with van der Waals surface area (Å²) in [5, 5.41) is 8.59. The first-order chi connectivity index (χ1) is 8.39. The highest BCUT2D eigenvalue weighted by atomic mass is 15.3. The number of nitrogens with zero attached hydrogens (tertiary/aromatic N) is 4. The van der Waals surface area contributed by atoms with E-state index in [2.05, 4.69) is 19.6 Å². The van der Waals surface area contributed by atoms with Gasteiger partial charge in [0.15, 0.2) is 5.65 Å². The molecular weight excluding hydrogens is 212 g/mol. The van der Waals surface area contributed by atoms with Gasteiger partial charge in [-0.25, -0.2) is 0 Å². The molecule has 2 aromatic heterocycles. The number of fused-ring (bicyclic) bond motifs is 1. The van der Waals surface area contributed by atoms with Crippen molar-refractivity contribution in [2.24, 2.45) is 5.41 Å². The number of aromatic nitrogens is 4. The Morgan fingerprint density at radius 2 is 2.06 bits per heavy atom. The van der Waals surface area contributed by atoms with E-state index in [0.29, 0.717) is 11.3 Å². The Morgan fingerprint density at radius 1 is 1.18 bits per heavy atom. The van der Waals surface area contributed by atoms with Crippen LogP contribution in [0.15, 0.2) is 18.6 Å². The zero-order valence-corrected chi connectivity index (χ0v) is 9.84. The van der Waals surface area contributed by atoms with E-state index in [0.717, 1.165) is 11.5 Å². The fourth-order valence-corrected chi connectivity index (χ4v) is 3.53. The molecule has 0 saturated heterocycles. The van der Waals surface area contributed by atoms with E-state index in [4.69, 9.17) is 0 Å². The van der Waals surface area contributed by atoms with Crippen molar-refractivity contribution in [3.8, 4) is 0 Å². The molecule has 4 nitrogen and oxygen atoms in total. The van der Waals surface area contributed by atoms with E-state index in [1.165, 1.54) is 38.5 Å². The van der Waals surface area contributed by atoms with Gasteiger partial charge in [-0.1, -0.05) is 19.3 Å². The summed E-state index contributed by atoms with van der Waals surface area (Å²) in [7, 11) is 0. The SMILES string of the molecule is c1cn2c(C3CC34CCCCC4)nnc2cn1. The summed E-state index contributed by atoms with van der Waals surface area (Å²) in [6.07, 6.45) is 13.9. The highest BCUT2D eigenvalue weighted by molar-refractivity contribution is 5.36. The average Bonchev–Trinajstić information content (AvgIpc) is 2.89. The lowest BCUT2D eigenvalue weighted by atomic mass is 9.84. The monoisotopic (exact) mass is 228 g/mol. The molecule has 0 bridgehead atoms. The van der Waals surface area contributed by atoms with Crippen molar-refractivity contribution >= 4 is 5.65 Å². The van der Waals surface area contributed by atoms with Crippen LogP contribution in [0, 0.1) is 5.41 Å². The van der Waals surface area contributed by atoms with E-state index >= 15 is 0 Å². The second-order valence-corrected chi connectivity index (χ2v) is 5.54. The predicted octanol–water partition coefficient (Wildman–Crippen LogP) is 2.56. The quantitative estimate of drug-likeness (QED) is 0.753. The van der Waals surface area contributed by atoms with Gasteiger partial charge in [0, 0.05) is 18.3 Å². The Balaban J connectivity index is 1.72. The first-order valence-electron chi connectivity index (χ1n) is 6.54. The third-order valence-corrected chi connectivity index (χ3v) is 4.59. The lowest BCUT2D eigenvalue weighted by molar-refractivity contribution is 0.323. The minimum Gasteiger partial charge on any atom is -0.283 e. The van der Waals surface area contributed by atoms with Gasteiger partial charge in [0.1, 0.15) is 5.82 Å². The smallest absolute Gasteiger partial charge is 0.179 e. The summed E-state index contributed by atoms with van der Waals surface area (Å²) in [6.45, 7) is 0. The van der Waals surface area contributed by atoms with Crippen molar-refractivity contribution in [1.29, 1.82) is 0 Å². The molecule has 4 rings (SSSR count). The molecule has 1 unspecified atom stereocenters. The zero-order valence-electron chi connectivity index (χ0n) is 9.84. The van der Waals surface area contributed by atoms with Crippen molar-refractivity contribution in [3.63, 3.8) is 0 Å². The normalized spacial score (nSPS) is 26.5. The molecule has 2 aromatic rings. The van der Waals surface area contributed by atoms with Crippen LogP contribution in [0.5, 0.6) is 0 Å². The van der Waals surface area contributed by atoms with Crippen LogP contribution in [0.25, 0.3) is 5.65 Å². The minimum absolute atomic E-state index is 0.574. The first kappa shape index (κ1) is 9.57. The largest absolute Gasteiger partial charge is 0.283 e. The molecular formula is C13H16N4. The third-order valence-electron chi connectivity index (χ3n) is 4.59. The van der Waals surface area contributed by atoms with Crippen LogP contribution >= 0.6 is 0 Å². The molecule has 2 fully saturated rings. The molecule has 0 radical (unpaired) electrons. The Hall–Kier alpha value is -1.45. The van der Waals surface area contributed by atoms with Crippen molar-refractivity contribution < 1.29 is 0 Å². The second kappa shape index (κ2) is 3.28. The van der Waals surface area contributed by atoms with Gasteiger partial charge >= 0.3 is 0 Å². The topological polar surface area (TPSA) is 43.1 Å². The van der Waals surface area contributed by atoms with Gasteiger partial charge in [-0.2, -0.15) is 0 Å². The highest BCUT2D eigenvalue weighted by Crippen LogP contribution is 2.66. The Bertz CT molecular complexity index is 553. The lowest BCUT2D eigenvalue weighted by Crippen LogP contribution is -2.10. The Morgan fingerprint density at radius 3 is 2.94 bits per heavy atom. The molecule has 2 aliphatic carbocycles. The number of hydrogen-bond acceptors (Lipinski definition) is 3. The Labute approximate surface area is 100 Å². The molecule has 4 heteroatoms. The molecule has 17 heavy (non-hydrogen) atoms. The third kappa shape index (κ3) is 1.33. The number of hydrogen-bond donors (Lipinski definition) is 0. The molecule has 1 spiro atoms. The van der Waals surface area contributed by atoms with Crippen LogP contribution in [-0.2, 0) is 0 Å². The van der Waals surface area contributed by atoms with Crippen LogP contribution in [0.1, 0.15) is 50.3 Å². The van der Waals surface area contributed by atoms with Gasteiger partial charge in [0.2, 0.25) is 0 Å².